The molecule has 0 aliphatic rings. The average Bonchev–Trinajstić information content (AvgIpc) is 2.38. The highest BCUT2D eigenvalue weighted by molar-refractivity contribution is 9.10. The van der Waals surface area contributed by atoms with Crippen LogP contribution in [0.2, 0.25) is 0 Å². The lowest BCUT2D eigenvalue weighted by Crippen LogP contribution is -2.42. The van der Waals surface area contributed by atoms with Gasteiger partial charge in [-0.05, 0) is 46.4 Å². The summed E-state index contributed by atoms with van der Waals surface area (Å²) in [6, 6.07) is 7.54. The van der Waals surface area contributed by atoms with Crippen LogP contribution >= 0.6 is 15.9 Å². The van der Waals surface area contributed by atoms with E-state index in [2.05, 4.69) is 36.7 Å². The smallest absolute Gasteiger partial charge is 0.255 e. The van der Waals surface area contributed by atoms with Gasteiger partial charge in [0, 0.05) is 17.6 Å². The maximum absolute atomic E-state index is 12.6. The fourth-order valence-electron chi connectivity index (χ4n) is 1.91. The summed E-state index contributed by atoms with van der Waals surface area (Å²) in [6.07, 6.45) is 0.941. The third-order valence-electron chi connectivity index (χ3n) is 3.06. The predicted molar refractivity (Wildman–Crippen MR) is 83.2 cm³/mol. The highest BCUT2D eigenvalue weighted by Crippen LogP contribution is 2.21. The molecule has 0 radical (unpaired) electrons. The molecule has 0 fully saturated rings. The lowest BCUT2D eigenvalue weighted by Gasteiger charge is -2.32. The lowest BCUT2D eigenvalue weighted by molar-refractivity contribution is 0.0688. The molecule has 1 rings (SSSR count). The van der Waals surface area contributed by atoms with Crippen LogP contribution in [-0.4, -0.2) is 30.4 Å². The molecule has 1 aromatic carbocycles. The Morgan fingerprint density at radius 3 is 2.53 bits per heavy atom. The van der Waals surface area contributed by atoms with Gasteiger partial charge in [0.2, 0.25) is 0 Å². The fraction of sp³-hybridized carbons (Fsp3) is 0.533. The van der Waals surface area contributed by atoms with Gasteiger partial charge in [0.25, 0.3) is 5.91 Å². The van der Waals surface area contributed by atoms with Gasteiger partial charge in [-0.1, -0.05) is 32.9 Å². The summed E-state index contributed by atoms with van der Waals surface area (Å²) in [6.45, 7) is 8.25. The van der Waals surface area contributed by atoms with Crippen LogP contribution in [0, 0.1) is 5.41 Å². The molecular formula is C15H23BrN2O. The number of rotatable bonds is 6. The minimum atomic E-state index is -0.0634. The molecule has 0 atom stereocenters. The number of amides is 1. The van der Waals surface area contributed by atoms with Gasteiger partial charge < -0.3 is 10.6 Å². The molecule has 0 spiro atoms. The molecular weight excluding hydrogens is 304 g/mol. The molecule has 0 aromatic heterocycles. The molecule has 0 saturated carbocycles. The zero-order valence-corrected chi connectivity index (χ0v) is 13.5. The highest BCUT2D eigenvalue weighted by Gasteiger charge is 2.24. The monoisotopic (exact) mass is 326 g/mol. The second-order valence-corrected chi connectivity index (χ2v) is 6.43. The Morgan fingerprint density at radius 2 is 2.00 bits per heavy atom. The van der Waals surface area contributed by atoms with Gasteiger partial charge in [0.1, 0.15) is 0 Å². The van der Waals surface area contributed by atoms with Gasteiger partial charge in [-0.3, -0.25) is 4.79 Å². The van der Waals surface area contributed by atoms with Crippen molar-refractivity contribution in [2.45, 2.75) is 27.2 Å². The molecule has 0 bridgehead atoms. The number of hydrogen-bond donors (Lipinski definition) is 1. The summed E-state index contributed by atoms with van der Waals surface area (Å²) >= 11 is 3.44. The largest absolute Gasteiger partial charge is 0.338 e. The quantitative estimate of drug-likeness (QED) is 0.871. The number of halogens is 1. The first-order valence-electron chi connectivity index (χ1n) is 6.65. The Morgan fingerprint density at radius 1 is 1.37 bits per heavy atom. The van der Waals surface area contributed by atoms with Crippen LogP contribution in [0.25, 0.3) is 0 Å². The number of nitrogens with zero attached hydrogens (tertiary/aromatic N) is 1. The summed E-state index contributed by atoms with van der Waals surface area (Å²) in [5.41, 5.74) is 6.42. The van der Waals surface area contributed by atoms with Crippen molar-refractivity contribution in [2.75, 3.05) is 19.6 Å². The van der Waals surface area contributed by atoms with Gasteiger partial charge in [0.15, 0.2) is 0 Å². The van der Waals surface area contributed by atoms with Crippen molar-refractivity contribution in [3.05, 3.63) is 34.3 Å². The van der Waals surface area contributed by atoms with E-state index in [1.54, 1.807) is 0 Å². The maximum atomic E-state index is 12.6. The van der Waals surface area contributed by atoms with Crippen molar-refractivity contribution in [2.24, 2.45) is 11.1 Å². The molecule has 0 heterocycles. The van der Waals surface area contributed by atoms with E-state index in [9.17, 15) is 4.79 Å². The minimum Gasteiger partial charge on any atom is -0.338 e. The molecule has 2 N–H and O–H groups in total. The van der Waals surface area contributed by atoms with E-state index in [0.717, 1.165) is 17.4 Å². The standard InChI is InChI=1S/C15H23BrN2O/c1-4-9-18(11-15(2,3)10-17)14(19)12-7-5-6-8-13(12)16/h5-8H,4,9-11,17H2,1-3H3. The van der Waals surface area contributed by atoms with E-state index in [1.165, 1.54) is 0 Å². The van der Waals surface area contributed by atoms with Crippen LogP contribution < -0.4 is 5.73 Å². The van der Waals surface area contributed by atoms with E-state index >= 15 is 0 Å². The van der Waals surface area contributed by atoms with E-state index < -0.39 is 0 Å². The van der Waals surface area contributed by atoms with Crippen LogP contribution in [0.3, 0.4) is 0 Å². The Labute approximate surface area is 124 Å². The SMILES string of the molecule is CCCN(CC(C)(C)CN)C(=O)c1ccccc1Br. The number of benzene rings is 1. The van der Waals surface area contributed by atoms with Gasteiger partial charge in [-0.15, -0.1) is 0 Å². The Bertz CT molecular complexity index is 432. The molecule has 106 valence electrons. The van der Waals surface area contributed by atoms with Gasteiger partial charge >= 0.3 is 0 Å². The number of hydrogen-bond acceptors (Lipinski definition) is 2. The predicted octanol–water partition coefficient (Wildman–Crippen LogP) is 3.29. The summed E-state index contributed by atoms with van der Waals surface area (Å²) in [5.74, 6) is 0.0656. The minimum absolute atomic E-state index is 0.0634. The third kappa shape index (κ3) is 4.62. The molecule has 1 aromatic rings. The molecule has 0 unspecified atom stereocenters. The first-order valence-corrected chi connectivity index (χ1v) is 7.44. The van der Waals surface area contributed by atoms with Gasteiger partial charge in [-0.2, -0.15) is 0 Å². The number of nitrogens with two attached hydrogens (primary N) is 1. The summed E-state index contributed by atoms with van der Waals surface area (Å²) < 4.78 is 0.839. The number of carbonyl (C=O) groups excluding carboxylic acids is 1. The molecule has 0 saturated heterocycles. The topological polar surface area (TPSA) is 46.3 Å². The van der Waals surface area contributed by atoms with Crippen molar-refractivity contribution in [1.82, 2.24) is 4.90 Å². The first kappa shape index (κ1) is 16.2. The van der Waals surface area contributed by atoms with Crippen LogP contribution in [0.1, 0.15) is 37.6 Å². The van der Waals surface area contributed by atoms with Crippen molar-refractivity contribution in [3.63, 3.8) is 0 Å². The first-order chi connectivity index (χ1) is 8.91. The van der Waals surface area contributed by atoms with E-state index in [-0.39, 0.29) is 11.3 Å². The summed E-state index contributed by atoms with van der Waals surface area (Å²) in [7, 11) is 0. The van der Waals surface area contributed by atoms with Crippen molar-refractivity contribution >= 4 is 21.8 Å². The Kier molecular flexibility index (Phi) is 6.01. The van der Waals surface area contributed by atoms with Crippen LogP contribution in [0.4, 0.5) is 0 Å². The molecule has 0 aliphatic carbocycles. The highest BCUT2D eigenvalue weighted by atomic mass is 79.9. The van der Waals surface area contributed by atoms with E-state index in [1.807, 2.05) is 29.2 Å². The van der Waals surface area contributed by atoms with E-state index in [4.69, 9.17) is 5.73 Å². The normalized spacial score (nSPS) is 11.4. The molecule has 19 heavy (non-hydrogen) atoms. The molecule has 0 aliphatic heterocycles. The Balaban J connectivity index is 2.93. The third-order valence-corrected chi connectivity index (χ3v) is 3.75. The zero-order chi connectivity index (χ0) is 14.5. The van der Waals surface area contributed by atoms with Crippen molar-refractivity contribution < 1.29 is 4.79 Å². The van der Waals surface area contributed by atoms with Gasteiger partial charge in [-0.25, -0.2) is 0 Å². The van der Waals surface area contributed by atoms with E-state index in [0.29, 0.717) is 18.7 Å². The Hall–Kier alpha value is -0.870. The fourth-order valence-corrected chi connectivity index (χ4v) is 2.36. The zero-order valence-electron chi connectivity index (χ0n) is 11.9. The van der Waals surface area contributed by atoms with Crippen molar-refractivity contribution in [3.8, 4) is 0 Å². The van der Waals surface area contributed by atoms with Crippen molar-refractivity contribution in [1.29, 1.82) is 0 Å². The molecule has 4 heteroatoms. The average molecular weight is 327 g/mol. The van der Waals surface area contributed by atoms with Gasteiger partial charge in [0.05, 0.1) is 5.56 Å². The van der Waals surface area contributed by atoms with Crippen LogP contribution in [0.15, 0.2) is 28.7 Å². The van der Waals surface area contributed by atoms with Crippen LogP contribution in [-0.2, 0) is 0 Å². The second-order valence-electron chi connectivity index (χ2n) is 5.57. The number of carbonyl (C=O) groups is 1. The van der Waals surface area contributed by atoms with Crippen LogP contribution in [0.5, 0.6) is 0 Å². The summed E-state index contributed by atoms with van der Waals surface area (Å²) in [4.78, 5) is 14.5. The lowest BCUT2D eigenvalue weighted by atomic mass is 9.92. The maximum Gasteiger partial charge on any atom is 0.255 e. The molecule has 1 amide bonds. The summed E-state index contributed by atoms with van der Waals surface area (Å²) in [5, 5.41) is 0. The second kappa shape index (κ2) is 7.06. The molecule has 3 nitrogen and oxygen atoms in total.